The number of nitrogens with zero attached hydrogens (tertiary/aromatic N) is 3. The van der Waals surface area contributed by atoms with Crippen LogP contribution >= 0.6 is 0 Å². The monoisotopic (exact) mass is 397 g/mol. The van der Waals surface area contributed by atoms with Crippen LogP contribution in [0.15, 0.2) is 47.5 Å². The lowest BCUT2D eigenvalue weighted by Gasteiger charge is -2.27. The summed E-state index contributed by atoms with van der Waals surface area (Å²) < 4.78 is 5.56. The summed E-state index contributed by atoms with van der Waals surface area (Å²) in [5.74, 6) is -0.317. The summed E-state index contributed by atoms with van der Waals surface area (Å²) in [6.45, 7) is 2.33. The molecule has 1 heterocycles. The lowest BCUT2D eigenvalue weighted by atomic mass is 10.1. The maximum absolute atomic E-state index is 12.6. The molecular weight excluding hydrogens is 374 g/mol. The summed E-state index contributed by atoms with van der Waals surface area (Å²) in [6, 6.07) is 10.6. The Kier molecular flexibility index (Phi) is 6.40. The number of esters is 1. The molecule has 0 unspecified atom stereocenters. The van der Waals surface area contributed by atoms with Crippen LogP contribution in [0.5, 0.6) is 5.75 Å². The van der Waals surface area contributed by atoms with Crippen LogP contribution in [0.4, 0.5) is 11.4 Å². The fourth-order valence-electron chi connectivity index (χ4n) is 3.24. The number of ether oxygens (including phenoxy) is 1. The van der Waals surface area contributed by atoms with E-state index in [1.54, 1.807) is 24.3 Å². The summed E-state index contributed by atoms with van der Waals surface area (Å²) in [5.41, 5.74) is 12.1. The van der Waals surface area contributed by atoms with Crippen molar-refractivity contribution in [3.05, 3.63) is 63.7 Å². The minimum atomic E-state index is -0.560. The van der Waals surface area contributed by atoms with Crippen molar-refractivity contribution < 1.29 is 14.5 Å². The van der Waals surface area contributed by atoms with Crippen LogP contribution in [0, 0.1) is 10.1 Å². The van der Waals surface area contributed by atoms with Crippen molar-refractivity contribution in [3.8, 4) is 5.75 Å². The molecule has 29 heavy (non-hydrogen) atoms. The number of piperidine rings is 1. The highest BCUT2D eigenvalue weighted by Gasteiger charge is 2.19. The van der Waals surface area contributed by atoms with Gasteiger partial charge in [-0.25, -0.2) is 9.79 Å². The summed E-state index contributed by atoms with van der Waals surface area (Å²) in [6.07, 6.45) is 3.36. The maximum atomic E-state index is 12.6. The topological polar surface area (TPSA) is 137 Å². The quantitative estimate of drug-likeness (QED) is 0.191. The highest BCUT2D eigenvalue weighted by Crippen LogP contribution is 2.27. The Morgan fingerprint density at radius 3 is 2.41 bits per heavy atom. The predicted octanol–water partition coefficient (Wildman–Crippen LogP) is 2.70. The van der Waals surface area contributed by atoms with Crippen molar-refractivity contribution in [1.29, 1.82) is 0 Å². The van der Waals surface area contributed by atoms with Gasteiger partial charge in [0.1, 0.15) is 5.75 Å². The number of nitro benzene ring substituents is 1. The Labute approximate surface area is 168 Å². The molecule has 0 atom stereocenters. The molecule has 9 nitrogen and oxygen atoms in total. The van der Waals surface area contributed by atoms with Gasteiger partial charge in [-0.1, -0.05) is 6.42 Å². The smallest absolute Gasteiger partial charge is 0.343 e. The Morgan fingerprint density at radius 2 is 1.79 bits per heavy atom. The van der Waals surface area contributed by atoms with Crippen molar-refractivity contribution in [2.45, 2.75) is 25.8 Å². The third-order valence-corrected chi connectivity index (χ3v) is 4.66. The fourth-order valence-corrected chi connectivity index (χ4v) is 3.24. The first kappa shape index (κ1) is 20.3. The summed E-state index contributed by atoms with van der Waals surface area (Å²) in [4.78, 5) is 29.4. The molecule has 0 bridgehead atoms. The molecule has 1 aliphatic rings. The van der Waals surface area contributed by atoms with E-state index in [0.29, 0.717) is 29.1 Å². The van der Waals surface area contributed by atoms with Crippen molar-refractivity contribution in [3.63, 3.8) is 0 Å². The molecule has 3 rings (SSSR count). The van der Waals surface area contributed by atoms with Gasteiger partial charge < -0.3 is 16.2 Å². The van der Waals surface area contributed by atoms with Crippen LogP contribution in [0.2, 0.25) is 0 Å². The SMILES string of the molecule is NC(N)=Nc1ccc(C(=O)Oc2ccc([N+](=O)[O-])cc2CN2CCCCC2)cc1. The molecule has 2 aromatic carbocycles. The van der Waals surface area contributed by atoms with Crippen molar-refractivity contribution in [1.82, 2.24) is 4.90 Å². The molecule has 4 N–H and O–H groups in total. The molecule has 152 valence electrons. The first-order chi connectivity index (χ1) is 13.9. The van der Waals surface area contributed by atoms with E-state index >= 15 is 0 Å². The molecule has 1 saturated heterocycles. The zero-order valence-corrected chi connectivity index (χ0v) is 15.9. The fraction of sp³-hybridized carbons (Fsp3) is 0.300. The maximum Gasteiger partial charge on any atom is 0.343 e. The van der Waals surface area contributed by atoms with Crippen LogP contribution < -0.4 is 16.2 Å². The van der Waals surface area contributed by atoms with Gasteiger partial charge in [-0.15, -0.1) is 0 Å². The predicted molar refractivity (Wildman–Crippen MR) is 109 cm³/mol. The number of benzene rings is 2. The number of rotatable bonds is 6. The van der Waals surface area contributed by atoms with Crippen LogP contribution in [-0.4, -0.2) is 34.8 Å². The average Bonchev–Trinajstić information content (AvgIpc) is 2.70. The Hall–Kier alpha value is -3.46. The zero-order chi connectivity index (χ0) is 20.8. The molecule has 0 radical (unpaired) electrons. The molecule has 0 amide bonds. The van der Waals surface area contributed by atoms with Crippen molar-refractivity contribution in [2.75, 3.05) is 13.1 Å². The number of hydrogen-bond acceptors (Lipinski definition) is 6. The van der Waals surface area contributed by atoms with Gasteiger partial charge >= 0.3 is 5.97 Å². The number of nitrogens with two attached hydrogens (primary N) is 2. The number of non-ortho nitro benzene ring substituents is 1. The Bertz CT molecular complexity index is 917. The number of aliphatic imine (C=N–C) groups is 1. The van der Waals surface area contributed by atoms with Crippen LogP contribution in [0.3, 0.4) is 0 Å². The normalized spacial score (nSPS) is 14.2. The van der Waals surface area contributed by atoms with E-state index in [4.69, 9.17) is 16.2 Å². The molecule has 0 saturated carbocycles. The van der Waals surface area contributed by atoms with Gasteiger partial charge in [0.15, 0.2) is 5.96 Å². The molecule has 1 fully saturated rings. The van der Waals surface area contributed by atoms with E-state index in [-0.39, 0.29) is 11.6 Å². The summed E-state index contributed by atoms with van der Waals surface area (Å²) >= 11 is 0. The lowest BCUT2D eigenvalue weighted by Crippen LogP contribution is -2.29. The number of carbonyl (C=O) groups excluding carboxylic acids is 1. The van der Waals surface area contributed by atoms with Crippen molar-refractivity contribution >= 4 is 23.3 Å². The standard InChI is InChI=1S/C20H23N5O4/c21-20(22)23-16-6-4-14(5-7-16)19(26)29-18-9-8-17(25(27)28)12-15(18)13-24-10-2-1-3-11-24/h4-9,12H,1-3,10-11,13H2,(H4,21,22,23). The van der Waals surface area contributed by atoms with E-state index in [0.717, 1.165) is 25.9 Å². The number of carbonyl (C=O) groups is 1. The van der Waals surface area contributed by atoms with Gasteiger partial charge in [0.25, 0.3) is 5.69 Å². The largest absolute Gasteiger partial charge is 0.423 e. The highest BCUT2D eigenvalue weighted by atomic mass is 16.6. The van der Waals surface area contributed by atoms with Gasteiger partial charge in [0.05, 0.1) is 16.2 Å². The van der Waals surface area contributed by atoms with Gasteiger partial charge in [0, 0.05) is 24.2 Å². The Balaban J connectivity index is 1.80. The molecule has 2 aromatic rings. The molecule has 9 heteroatoms. The molecule has 0 spiro atoms. The number of nitro groups is 1. The second-order valence-corrected chi connectivity index (χ2v) is 6.86. The second-order valence-electron chi connectivity index (χ2n) is 6.86. The summed E-state index contributed by atoms with van der Waals surface area (Å²) in [5, 5.41) is 11.2. The van der Waals surface area contributed by atoms with Crippen LogP contribution in [0.1, 0.15) is 35.2 Å². The summed E-state index contributed by atoms with van der Waals surface area (Å²) in [7, 11) is 0. The van der Waals surface area contributed by atoms with Gasteiger partial charge in [-0.3, -0.25) is 15.0 Å². The van der Waals surface area contributed by atoms with Gasteiger partial charge in [0.2, 0.25) is 0 Å². The second kappa shape index (κ2) is 9.16. The van der Waals surface area contributed by atoms with Crippen LogP contribution in [-0.2, 0) is 6.54 Å². The number of guanidine groups is 1. The van der Waals surface area contributed by atoms with E-state index in [2.05, 4.69) is 9.89 Å². The first-order valence-corrected chi connectivity index (χ1v) is 9.34. The first-order valence-electron chi connectivity index (χ1n) is 9.34. The van der Waals surface area contributed by atoms with Gasteiger partial charge in [-0.2, -0.15) is 0 Å². The number of likely N-dealkylation sites (tertiary alicyclic amines) is 1. The molecule has 0 aromatic heterocycles. The molecule has 0 aliphatic carbocycles. The van der Waals surface area contributed by atoms with Crippen molar-refractivity contribution in [2.24, 2.45) is 16.5 Å². The minimum Gasteiger partial charge on any atom is -0.423 e. The molecular formula is C20H23N5O4. The van der Waals surface area contributed by atoms with E-state index in [1.165, 1.54) is 24.6 Å². The number of hydrogen-bond donors (Lipinski definition) is 2. The highest BCUT2D eigenvalue weighted by molar-refractivity contribution is 5.91. The van der Waals surface area contributed by atoms with Gasteiger partial charge in [-0.05, 0) is 56.3 Å². The third-order valence-electron chi connectivity index (χ3n) is 4.66. The zero-order valence-electron chi connectivity index (χ0n) is 15.9. The minimum absolute atomic E-state index is 0.0293. The van der Waals surface area contributed by atoms with E-state index in [9.17, 15) is 14.9 Å². The Morgan fingerprint density at radius 1 is 1.10 bits per heavy atom. The average molecular weight is 397 g/mol. The van der Waals surface area contributed by atoms with E-state index < -0.39 is 10.9 Å². The third kappa shape index (κ3) is 5.52. The lowest BCUT2D eigenvalue weighted by molar-refractivity contribution is -0.384. The van der Waals surface area contributed by atoms with E-state index in [1.807, 2.05) is 0 Å². The molecule has 1 aliphatic heterocycles. The van der Waals surface area contributed by atoms with Crippen LogP contribution in [0.25, 0.3) is 0 Å².